The molecule has 0 spiro atoms. The first kappa shape index (κ1) is 27.1. The van der Waals surface area contributed by atoms with Crippen LogP contribution in [0.5, 0.6) is 5.75 Å². The molecule has 0 aromatic heterocycles. The first-order chi connectivity index (χ1) is 17.3. The molecule has 0 radical (unpaired) electrons. The van der Waals surface area contributed by atoms with Gasteiger partial charge in [0.05, 0.1) is 19.9 Å². The lowest BCUT2D eigenvalue weighted by atomic mass is 9.74. The lowest BCUT2D eigenvalue weighted by molar-refractivity contribution is -0.215. The summed E-state index contributed by atoms with van der Waals surface area (Å²) in [4.78, 5) is 0. The number of unbranched alkanes of at least 4 members (excludes halogenated alkanes) is 1. The van der Waals surface area contributed by atoms with Crippen molar-refractivity contribution in [2.75, 3.05) is 19.9 Å². The van der Waals surface area contributed by atoms with E-state index in [0.717, 1.165) is 50.7 Å². The molecule has 36 heavy (non-hydrogen) atoms. The van der Waals surface area contributed by atoms with E-state index in [9.17, 15) is 22.0 Å². The highest BCUT2D eigenvalue weighted by molar-refractivity contribution is 6.30. The molecule has 2 aliphatic rings. The highest BCUT2D eigenvalue weighted by Crippen LogP contribution is 2.40. The van der Waals surface area contributed by atoms with Gasteiger partial charge in [-0.05, 0) is 67.5 Å². The maximum absolute atomic E-state index is 14.7. The minimum atomic E-state index is -4.25. The number of rotatable bonds is 9. The standard InChI is InChI=1S/C27H30ClF5O3/c28-21-8-10-22(11-9-21)36-27(32,33)25-23(30)13-19(14-24(25)31)26-34-15-20(16-35-26)18-6-4-17(5-7-18)3-1-2-12-29/h8-11,13-14,17-18,20,26H,1-7,12,15-16H2. The number of hydrogen-bond acceptors (Lipinski definition) is 3. The third-order valence-electron chi connectivity index (χ3n) is 7.16. The molecule has 4 rings (SSSR count). The molecule has 198 valence electrons. The van der Waals surface area contributed by atoms with Crippen LogP contribution in [-0.4, -0.2) is 19.9 Å². The van der Waals surface area contributed by atoms with Gasteiger partial charge in [-0.15, -0.1) is 0 Å². The molecule has 1 saturated carbocycles. The maximum atomic E-state index is 14.7. The molecule has 1 aliphatic heterocycles. The Labute approximate surface area is 212 Å². The Hall–Kier alpha value is -1.90. The van der Waals surface area contributed by atoms with Crippen molar-refractivity contribution in [3.63, 3.8) is 0 Å². The second-order valence-corrected chi connectivity index (χ2v) is 10.1. The fourth-order valence-corrected chi connectivity index (χ4v) is 5.29. The van der Waals surface area contributed by atoms with Crippen LogP contribution in [0.4, 0.5) is 22.0 Å². The lowest BCUT2D eigenvalue weighted by Gasteiger charge is -2.38. The summed E-state index contributed by atoms with van der Waals surface area (Å²) in [5, 5.41) is 0.306. The lowest BCUT2D eigenvalue weighted by Crippen LogP contribution is -2.34. The first-order valence-corrected chi connectivity index (χ1v) is 12.8. The summed E-state index contributed by atoms with van der Waals surface area (Å²) in [7, 11) is 0. The van der Waals surface area contributed by atoms with Gasteiger partial charge >= 0.3 is 6.11 Å². The smallest absolute Gasteiger partial charge is 0.429 e. The van der Waals surface area contributed by atoms with Crippen molar-refractivity contribution >= 4 is 11.6 Å². The van der Waals surface area contributed by atoms with Crippen LogP contribution in [-0.2, 0) is 15.6 Å². The van der Waals surface area contributed by atoms with Crippen molar-refractivity contribution in [1.29, 1.82) is 0 Å². The minimum Gasteiger partial charge on any atom is -0.429 e. The second-order valence-electron chi connectivity index (χ2n) is 9.66. The van der Waals surface area contributed by atoms with Gasteiger partial charge in [-0.25, -0.2) is 8.78 Å². The van der Waals surface area contributed by atoms with Crippen molar-refractivity contribution in [2.45, 2.75) is 57.3 Å². The molecule has 0 unspecified atom stereocenters. The van der Waals surface area contributed by atoms with E-state index < -0.39 is 29.6 Å². The van der Waals surface area contributed by atoms with Crippen LogP contribution in [0.3, 0.4) is 0 Å². The summed E-state index contributed by atoms with van der Waals surface area (Å²) in [6, 6.07) is 6.61. The Balaban J connectivity index is 1.33. The summed E-state index contributed by atoms with van der Waals surface area (Å²) < 4.78 is 86.9. The quantitative estimate of drug-likeness (QED) is 0.240. The fraction of sp³-hybridized carbons (Fsp3) is 0.556. The molecule has 2 fully saturated rings. The molecular formula is C27H30ClF5O3. The topological polar surface area (TPSA) is 27.7 Å². The van der Waals surface area contributed by atoms with E-state index in [4.69, 9.17) is 21.1 Å². The van der Waals surface area contributed by atoms with E-state index in [1.807, 2.05) is 0 Å². The summed E-state index contributed by atoms with van der Waals surface area (Å²) >= 11 is 5.72. The predicted octanol–water partition coefficient (Wildman–Crippen LogP) is 8.35. The van der Waals surface area contributed by atoms with Gasteiger partial charge in [0.2, 0.25) is 0 Å². The zero-order valence-corrected chi connectivity index (χ0v) is 20.6. The highest BCUT2D eigenvalue weighted by Gasteiger charge is 2.42. The zero-order valence-electron chi connectivity index (χ0n) is 19.8. The average molecular weight is 533 g/mol. The summed E-state index contributed by atoms with van der Waals surface area (Å²) in [5.41, 5.74) is -1.50. The van der Waals surface area contributed by atoms with Crippen LogP contribution in [0.15, 0.2) is 36.4 Å². The van der Waals surface area contributed by atoms with Crippen LogP contribution in [0.1, 0.15) is 62.4 Å². The van der Waals surface area contributed by atoms with Gasteiger partial charge < -0.3 is 14.2 Å². The van der Waals surface area contributed by atoms with Crippen LogP contribution in [0.2, 0.25) is 5.02 Å². The number of alkyl halides is 3. The van der Waals surface area contributed by atoms with Crippen molar-refractivity contribution in [3.8, 4) is 5.75 Å². The van der Waals surface area contributed by atoms with E-state index in [1.165, 1.54) is 24.3 Å². The van der Waals surface area contributed by atoms with Crippen molar-refractivity contribution < 1.29 is 36.2 Å². The molecule has 9 heteroatoms. The Bertz CT molecular complexity index is 964. The molecule has 0 atom stereocenters. The minimum absolute atomic E-state index is 0.00827. The molecule has 2 aromatic carbocycles. The van der Waals surface area contributed by atoms with Crippen molar-refractivity contribution in [1.82, 2.24) is 0 Å². The maximum Gasteiger partial charge on any atom is 0.432 e. The highest BCUT2D eigenvalue weighted by atomic mass is 35.5. The number of hydrogen-bond donors (Lipinski definition) is 0. The molecule has 0 amide bonds. The average Bonchev–Trinajstić information content (AvgIpc) is 2.85. The van der Waals surface area contributed by atoms with Crippen molar-refractivity contribution in [2.24, 2.45) is 17.8 Å². The van der Waals surface area contributed by atoms with Crippen LogP contribution >= 0.6 is 11.6 Å². The fourth-order valence-electron chi connectivity index (χ4n) is 5.17. The molecule has 1 aliphatic carbocycles. The van der Waals surface area contributed by atoms with Crippen LogP contribution in [0, 0.1) is 29.4 Å². The number of benzene rings is 2. The monoisotopic (exact) mass is 532 g/mol. The van der Waals surface area contributed by atoms with Gasteiger partial charge in [0.15, 0.2) is 6.29 Å². The van der Waals surface area contributed by atoms with Gasteiger partial charge in [0.25, 0.3) is 0 Å². The van der Waals surface area contributed by atoms with Gasteiger partial charge in [-0.3, -0.25) is 4.39 Å². The van der Waals surface area contributed by atoms with Crippen LogP contribution < -0.4 is 4.74 Å². The Morgan fingerprint density at radius 2 is 1.50 bits per heavy atom. The Morgan fingerprint density at radius 3 is 2.08 bits per heavy atom. The molecule has 1 saturated heterocycles. The predicted molar refractivity (Wildman–Crippen MR) is 126 cm³/mol. The van der Waals surface area contributed by atoms with Crippen LogP contribution in [0.25, 0.3) is 0 Å². The summed E-state index contributed by atoms with van der Waals surface area (Å²) in [6.07, 6.45) is 1.61. The van der Waals surface area contributed by atoms with E-state index in [0.29, 0.717) is 36.5 Å². The van der Waals surface area contributed by atoms with Gasteiger partial charge in [-0.1, -0.05) is 37.3 Å². The second kappa shape index (κ2) is 12.1. The van der Waals surface area contributed by atoms with Gasteiger partial charge in [0.1, 0.15) is 22.9 Å². The summed E-state index contributed by atoms with van der Waals surface area (Å²) in [6.45, 7) is 0.467. The summed E-state index contributed by atoms with van der Waals surface area (Å²) in [5.74, 6) is -1.96. The molecule has 1 heterocycles. The van der Waals surface area contributed by atoms with Crippen molar-refractivity contribution in [3.05, 3.63) is 64.2 Å². The van der Waals surface area contributed by atoms with E-state index in [-0.39, 0.29) is 23.9 Å². The van der Waals surface area contributed by atoms with Gasteiger partial charge in [0, 0.05) is 16.5 Å². The van der Waals surface area contributed by atoms with E-state index in [2.05, 4.69) is 4.74 Å². The zero-order chi connectivity index (χ0) is 25.7. The SMILES string of the molecule is FCCCCC1CCC(C2COC(c3cc(F)c(C(F)(F)Oc4ccc(Cl)cc4)c(F)c3)OC2)CC1. The first-order valence-electron chi connectivity index (χ1n) is 12.4. The number of ether oxygens (including phenoxy) is 3. The largest absolute Gasteiger partial charge is 0.432 e. The Kier molecular flexibility index (Phi) is 9.12. The van der Waals surface area contributed by atoms with E-state index >= 15 is 0 Å². The Morgan fingerprint density at radius 1 is 0.889 bits per heavy atom. The molecule has 2 aromatic rings. The molecular weight excluding hydrogens is 503 g/mol. The van der Waals surface area contributed by atoms with Gasteiger partial charge in [-0.2, -0.15) is 8.78 Å². The molecule has 0 bridgehead atoms. The molecule has 3 nitrogen and oxygen atoms in total. The third-order valence-corrected chi connectivity index (χ3v) is 7.42. The third kappa shape index (κ3) is 6.69. The molecule has 0 N–H and O–H groups in total. The van der Waals surface area contributed by atoms with E-state index in [1.54, 1.807) is 0 Å². The number of halogens is 6. The normalized spacial score (nSPS) is 25.1.